The van der Waals surface area contributed by atoms with E-state index in [1.165, 1.54) is 24.5 Å². The van der Waals surface area contributed by atoms with E-state index in [0.717, 1.165) is 12.1 Å². The van der Waals surface area contributed by atoms with Crippen LogP contribution >= 0.6 is 0 Å². The number of alkyl halides is 3. The first kappa shape index (κ1) is 24.0. The van der Waals surface area contributed by atoms with Gasteiger partial charge in [-0.25, -0.2) is 0 Å². The van der Waals surface area contributed by atoms with Crippen molar-refractivity contribution in [1.29, 1.82) is 0 Å². The topological polar surface area (TPSA) is 89.4 Å². The Kier molecular flexibility index (Phi) is 7.84. The maximum absolute atomic E-state index is 12.7. The molecule has 1 heterocycles. The van der Waals surface area contributed by atoms with Gasteiger partial charge in [-0.2, -0.15) is 0 Å². The number of nitrogens with zero attached hydrogens (tertiary/aromatic N) is 1. The second-order valence-electron chi connectivity index (χ2n) is 6.85. The third kappa shape index (κ3) is 6.59. The standard InChI is InChI=1S/C21H24F3N3O4/c1-4-13(3)27-11-16(19(29)25-5-2)18(28)17(12-27)20(30)26-10-14-6-8-15(9-7-14)31-21(22,23)24/h6-9,11-13H,4-5,10H2,1-3H3,(H,25,29)(H,26,30)/t13-/m0/s1. The Morgan fingerprint density at radius 1 is 1.03 bits per heavy atom. The molecule has 0 spiro atoms. The molecule has 7 nitrogen and oxygen atoms in total. The van der Waals surface area contributed by atoms with Gasteiger partial charge in [-0.15, -0.1) is 13.2 Å². The summed E-state index contributed by atoms with van der Waals surface area (Å²) in [5, 5.41) is 5.12. The Labute approximate surface area is 177 Å². The molecule has 1 aromatic carbocycles. The summed E-state index contributed by atoms with van der Waals surface area (Å²) in [7, 11) is 0. The molecule has 0 saturated heterocycles. The molecule has 2 N–H and O–H groups in total. The van der Waals surface area contributed by atoms with Crippen molar-refractivity contribution in [3.8, 4) is 5.75 Å². The quantitative estimate of drug-likeness (QED) is 0.660. The fourth-order valence-electron chi connectivity index (χ4n) is 2.73. The van der Waals surface area contributed by atoms with Crippen molar-refractivity contribution in [2.75, 3.05) is 6.54 Å². The fraction of sp³-hybridized carbons (Fsp3) is 0.381. The Bertz CT molecular complexity index is 985. The van der Waals surface area contributed by atoms with Crippen LogP contribution < -0.4 is 20.8 Å². The van der Waals surface area contributed by atoms with Crippen LogP contribution in [0.3, 0.4) is 0 Å². The van der Waals surface area contributed by atoms with Gasteiger partial charge in [0.15, 0.2) is 0 Å². The van der Waals surface area contributed by atoms with Crippen LogP contribution in [0, 0.1) is 0 Å². The lowest BCUT2D eigenvalue weighted by Gasteiger charge is -2.17. The maximum atomic E-state index is 12.7. The van der Waals surface area contributed by atoms with Crippen LogP contribution in [-0.2, 0) is 6.54 Å². The molecule has 10 heteroatoms. The largest absolute Gasteiger partial charge is 0.573 e. The Hall–Kier alpha value is -3.30. The summed E-state index contributed by atoms with van der Waals surface area (Å²) in [5.74, 6) is -1.64. The van der Waals surface area contributed by atoms with Crippen molar-refractivity contribution in [1.82, 2.24) is 15.2 Å². The second kappa shape index (κ2) is 10.1. The lowest BCUT2D eigenvalue weighted by atomic mass is 10.1. The highest BCUT2D eigenvalue weighted by Gasteiger charge is 2.31. The predicted octanol–water partition coefficient (Wildman–Crippen LogP) is 3.40. The number of carbonyl (C=O) groups is 2. The summed E-state index contributed by atoms with van der Waals surface area (Å²) in [5.41, 5.74) is -0.522. The number of nitrogens with one attached hydrogen (secondary N) is 2. The number of hydrogen-bond donors (Lipinski definition) is 2. The number of pyridine rings is 1. The molecular weight excluding hydrogens is 415 g/mol. The molecule has 0 saturated carbocycles. The molecule has 0 aliphatic heterocycles. The second-order valence-corrected chi connectivity index (χ2v) is 6.85. The lowest BCUT2D eigenvalue weighted by Crippen LogP contribution is -2.35. The van der Waals surface area contributed by atoms with Crippen molar-refractivity contribution in [2.45, 2.75) is 46.1 Å². The minimum Gasteiger partial charge on any atom is -0.406 e. The van der Waals surface area contributed by atoms with E-state index < -0.39 is 23.6 Å². The first-order chi connectivity index (χ1) is 14.6. The van der Waals surface area contributed by atoms with Gasteiger partial charge in [0.2, 0.25) is 5.43 Å². The number of carbonyl (C=O) groups excluding carboxylic acids is 2. The fourth-order valence-corrected chi connectivity index (χ4v) is 2.73. The zero-order valence-electron chi connectivity index (χ0n) is 17.4. The van der Waals surface area contributed by atoms with Gasteiger partial charge in [0.1, 0.15) is 16.9 Å². The van der Waals surface area contributed by atoms with Crippen LogP contribution in [0.5, 0.6) is 5.75 Å². The zero-order chi connectivity index (χ0) is 23.2. The van der Waals surface area contributed by atoms with Crippen molar-refractivity contribution in [3.63, 3.8) is 0 Å². The maximum Gasteiger partial charge on any atom is 0.573 e. The van der Waals surface area contributed by atoms with Gasteiger partial charge < -0.3 is 19.9 Å². The summed E-state index contributed by atoms with van der Waals surface area (Å²) < 4.78 is 42.1. The summed E-state index contributed by atoms with van der Waals surface area (Å²) in [6.45, 7) is 5.83. The smallest absolute Gasteiger partial charge is 0.406 e. The van der Waals surface area contributed by atoms with E-state index in [2.05, 4.69) is 15.4 Å². The third-order valence-corrected chi connectivity index (χ3v) is 4.58. The Balaban J connectivity index is 2.23. The first-order valence-corrected chi connectivity index (χ1v) is 9.72. The normalized spacial score (nSPS) is 12.2. The number of benzene rings is 1. The monoisotopic (exact) mass is 439 g/mol. The number of hydrogen-bond acceptors (Lipinski definition) is 4. The molecular formula is C21H24F3N3O4. The van der Waals surface area contributed by atoms with Crippen molar-refractivity contribution >= 4 is 11.8 Å². The Morgan fingerprint density at radius 3 is 2.06 bits per heavy atom. The summed E-state index contributed by atoms with van der Waals surface area (Å²) in [6, 6.07) is 4.93. The number of rotatable bonds is 8. The zero-order valence-corrected chi connectivity index (χ0v) is 17.4. The van der Waals surface area contributed by atoms with Gasteiger partial charge in [-0.05, 0) is 38.0 Å². The van der Waals surface area contributed by atoms with Gasteiger partial charge >= 0.3 is 6.36 Å². The first-order valence-electron chi connectivity index (χ1n) is 9.72. The summed E-state index contributed by atoms with van der Waals surface area (Å²) in [4.78, 5) is 37.6. The molecule has 0 unspecified atom stereocenters. The molecule has 31 heavy (non-hydrogen) atoms. The summed E-state index contributed by atoms with van der Waals surface area (Å²) >= 11 is 0. The van der Waals surface area contributed by atoms with Crippen LogP contribution in [-0.4, -0.2) is 29.3 Å². The molecule has 0 radical (unpaired) electrons. The van der Waals surface area contributed by atoms with E-state index in [9.17, 15) is 27.6 Å². The minimum absolute atomic E-state index is 0.0285. The number of amides is 2. The van der Waals surface area contributed by atoms with E-state index in [4.69, 9.17) is 0 Å². The highest BCUT2D eigenvalue weighted by molar-refractivity contribution is 5.99. The van der Waals surface area contributed by atoms with Crippen LogP contribution in [0.25, 0.3) is 0 Å². The number of ether oxygens (including phenoxy) is 1. The van der Waals surface area contributed by atoms with E-state index >= 15 is 0 Å². The SMILES string of the molecule is CCNC(=O)c1cn([C@@H](C)CC)cc(C(=O)NCc2ccc(OC(F)(F)F)cc2)c1=O. The van der Waals surface area contributed by atoms with Crippen molar-refractivity contribution < 1.29 is 27.5 Å². The van der Waals surface area contributed by atoms with Gasteiger partial charge in [-0.1, -0.05) is 19.1 Å². The number of halogens is 3. The van der Waals surface area contributed by atoms with Crippen LogP contribution in [0.1, 0.15) is 59.5 Å². The molecule has 1 aromatic heterocycles. The highest BCUT2D eigenvalue weighted by atomic mass is 19.4. The molecule has 0 aliphatic carbocycles. The predicted molar refractivity (Wildman–Crippen MR) is 108 cm³/mol. The van der Waals surface area contributed by atoms with Crippen LogP contribution in [0.4, 0.5) is 13.2 Å². The molecule has 2 amide bonds. The molecule has 0 aliphatic rings. The van der Waals surface area contributed by atoms with E-state index in [1.54, 1.807) is 11.5 Å². The van der Waals surface area contributed by atoms with E-state index in [1.807, 2.05) is 13.8 Å². The number of aromatic nitrogens is 1. The van der Waals surface area contributed by atoms with Crippen molar-refractivity contribution in [3.05, 3.63) is 63.6 Å². The molecule has 1 atom stereocenters. The molecule has 2 rings (SSSR count). The van der Waals surface area contributed by atoms with Crippen molar-refractivity contribution in [2.24, 2.45) is 0 Å². The Morgan fingerprint density at radius 2 is 1.58 bits per heavy atom. The van der Waals surface area contributed by atoms with E-state index in [-0.39, 0.29) is 29.5 Å². The average Bonchev–Trinajstić information content (AvgIpc) is 2.71. The van der Waals surface area contributed by atoms with E-state index in [0.29, 0.717) is 18.5 Å². The van der Waals surface area contributed by atoms with Gasteiger partial charge in [0.25, 0.3) is 11.8 Å². The van der Waals surface area contributed by atoms with Gasteiger partial charge in [-0.3, -0.25) is 14.4 Å². The van der Waals surface area contributed by atoms with Gasteiger partial charge in [0.05, 0.1) is 0 Å². The van der Waals surface area contributed by atoms with Crippen LogP contribution in [0.15, 0.2) is 41.5 Å². The van der Waals surface area contributed by atoms with Gasteiger partial charge in [0, 0.05) is 31.5 Å². The van der Waals surface area contributed by atoms with Crippen LogP contribution in [0.2, 0.25) is 0 Å². The molecule has 0 bridgehead atoms. The molecule has 2 aromatic rings. The lowest BCUT2D eigenvalue weighted by molar-refractivity contribution is -0.274. The molecule has 0 fully saturated rings. The highest BCUT2D eigenvalue weighted by Crippen LogP contribution is 2.22. The average molecular weight is 439 g/mol. The third-order valence-electron chi connectivity index (χ3n) is 4.58. The minimum atomic E-state index is -4.79. The molecule has 168 valence electrons. The summed E-state index contributed by atoms with van der Waals surface area (Å²) in [6.07, 6.45) is -1.25.